The minimum Gasteiger partial charge on any atom is -0.393 e. The maximum absolute atomic E-state index is 12.3. The first-order valence-corrected chi connectivity index (χ1v) is 8.65. The molecule has 1 heterocycles. The zero-order valence-corrected chi connectivity index (χ0v) is 15.8. The number of halogens is 2. The Morgan fingerprint density at radius 3 is 2.41 bits per heavy atom. The number of benzene rings is 2. The molecule has 0 saturated carbocycles. The molecule has 0 radical (unpaired) electrons. The molecule has 0 aliphatic heterocycles. The summed E-state index contributed by atoms with van der Waals surface area (Å²) in [5.74, 6) is 0.292. The summed E-state index contributed by atoms with van der Waals surface area (Å²) < 4.78 is 0. The van der Waals surface area contributed by atoms with Gasteiger partial charge in [0.15, 0.2) is 11.6 Å². The van der Waals surface area contributed by atoms with E-state index in [1.165, 1.54) is 6.33 Å². The lowest BCUT2D eigenvalue weighted by molar-refractivity contribution is 0.0962. The molecular formula is C18H16Cl2N6O. The highest BCUT2D eigenvalue weighted by Crippen LogP contribution is 2.28. The van der Waals surface area contributed by atoms with Crippen molar-refractivity contribution in [2.75, 3.05) is 16.5 Å². The van der Waals surface area contributed by atoms with Crippen LogP contribution in [0.1, 0.15) is 15.9 Å². The van der Waals surface area contributed by atoms with Crippen LogP contribution in [0.3, 0.4) is 0 Å². The maximum Gasteiger partial charge on any atom is 0.269 e. The van der Waals surface area contributed by atoms with E-state index in [2.05, 4.69) is 26.1 Å². The van der Waals surface area contributed by atoms with Crippen molar-refractivity contribution < 1.29 is 4.79 Å². The van der Waals surface area contributed by atoms with Crippen LogP contribution in [0.15, 0.2) is 48.8 Å². The maximum atomic E-state index is 12.3. The van der Waals surface area contributed by atoms with E-state index in [1.807, 2.05) is 19.1 Å². The zero-order valence-electron chi connectivity index (χ0n) is 14.3. The van der Waals surface area contributed by atoms with Gasteiger partial charge in [-0.1, -0.05) is 41.4 Å². The Bertz CT molecular complexity index is 975. The standard InChI is InChI=1S/C18H16Cl2N6O/c1-10-4-2-3-5-14(10)18(27)26-25-17-15(21)16(22-9-23-17)24-13-7-11(19)6-12(20)8-13/h2-9H,21H2,1H3,(H,26,27)(H2,22,23,24,25). The SMILES string of the molecule is Cc1ccccc1C(=O)NNc1ncnc(Nc2cc(Cl)cc(Cl)c2)c1N. The number of nitrogens with zero attached hydrogens (tertiary/aromatic N) is 2. The minimum absolute atomic E-state index is 0.221. The average Bonchev–Trinajstić information content (AvgIpc) is 2.62. The first-order valence-electron chi connectivity index (χ1n) is 7.89. The van der Waals surface area contributed by atoms with Gasteiger partial charge in [0, 0.05) is 21.3 Å². The highest BCUT2D eigenvalue weighted by atomic mass is 35.5. The molecular weight excluding hydrogens is 387 g/mol. The van der Waals surface area contributed by atoms with Crippen LogP contribution in [0, 0.1) is 6.92 Å². The Kier molecular flexibility index (Phi) is 5.63. The van der Waals surface area contributed by atoms with E-state index in [0.717, 1.165) is 5.56 Å². The molecule has 0 unspecified atom stereocenters. The fourth-order valence-electron chi connectivity index (χ4n) is 2.37. The van der Waals surface area contributed by atoms with E-state index >= 15 is 0 Å². The fraction of sp³-hybridized carbons (Fsp3) is 0.0556. The van der Waals surface area contributed by atoms with Crippen LogP contribution < -0.4 is 21.9 Å². The van der Waals surface area contributed by atoms with E-state index in [-0.39, 0.29) is 17.4 Å². The number of hydrogen-bond donors (Lipinski definition) is 4. The number of rotatable bonds is 5. The van der Waals surface area contributed by atoms with Crippen LogP contribution in [0.5, 0.6) is 0 Å². The second kappa shape index (κ2) is 8.11. The second-order valence-corrected chi connectivity index (χ2v) is 6.53. The molecule has 0 bridgehead atoms. The molecule has 2 aromatic carbocycles. The Balaban J connectivity index is 1.75. The highest BCUT2D eigenvalue weighted by molar-refractivity contribution is 6.35. The number of amides is 1. The Hall–Kier alpha value is -3.03. The van der Waals surface area contributed by atoms with Gasteiger partial charge in [0.1, 0.15) is 12.0 Å². The van der Waals surface area contributed by atoms with Crippen LogP contribution >= 0.6 is 23.2 Å². The quantitative estimate of drug-likeness (QED) is 0.477. The molecule has 0 aliphatic carbocycles. The van der Waals surface area contributed by atoms with Gasteiger partial charge in [0.25, 0.3) is 5.91 Å². The normalized spacial score (nSPS) is 10.3. The van der Waals surface area contributed by atoms with Gasteiger partial charge in [-0.05, 0) is 36.8 Å². The number of aryl methyl sites for hydroxylation is 1. The molecule has 5 N–H and O–H groups in total. The third-order valence-corrected chi connectivity index (χ3v) is 4.13. The van der Waals surface area contributed by atoms with E-state index < -0.39 is 0 Å². The summed E-state index contributed by atoms with van der Waals surface area (Å²) >= 11 is 12.0. The van der Waals surface area contributed by atoms with Crippen LogP contribution in [0.2, 0.25) is 10.0 Å². The first kappa shape index (κ1) is 18.8. The summed E-state index contributed by atoms with van der Waals surface area (Å²) in [6.07, 6.45) is 1.31. The summed E-state index contributed by atoms with van der Waals surface area (Å²) in [6.45, 7) is 1.85. The lowest BCUT2D eigenvalue weighted by Gasteiger charge is -2.14. The number of hydrogen-bond acceptors (Lipinski definition) is 6. The Morgan fingerprint density at radius 2 is 1.70 bits per heavy atom. The number of nitrogen functional groups attached to an aromatic ring is 1. The van der Waals surface area contributed by atoms with Gasteiger partial charge in [0.05, 0.1) is 0 Å². The smallest absolute Gasteiger partial charge is 0.269 e. The van der Waals surface area contributed by atoms with E-state index in [4.69, 9.17) is 28.9 Å². The van der Waals surface area contributed by atoms with Gasteiger partial charge in [0.2, 0.25) is 0 Å². The molecule has 138 valence electrons. The minimum atomic E-state index is -0.303. The van der Waals surface area contributed by atoms with Crippen molar-refractivity contribution in [2.45, 2.75) is 6.92 Å². The molecule has 0 aliphatic rings. The second-order valence-electron chi connectivity index (χ2n) is 5.66. The molecule has 9 heteroatoms. The van der Waals surface area contributed by atoms with Crippen LogP contribution in [0.4, 0.5) is 23.0 Å². The molecule has 1 aromatic heterocycles. The average molecular weight is 403 g/mol. The molecule has 0 atom stereocenters. The topological polar surface area (TPSA) is 105 Å². The van der Waals surface area contributed by atoms with Gasteiger partial charge < -0.3 is 11.1 Å². The molecule has 7 nitrogen and oxygen atoms in total. The van der Waals surface area contributed by atoms with E-state index in [1.54, 1.807) is 30.3 Å². The lowest BCUT2D eigenvalue weighted by atomic mass is 10.1. The first-order chi connectivity index (χ1) is 12.9. The number of aromatic nitrogens is 2. The largest absolute Gasteiger partial charge is 0.393 e. The van der Waals surface area contributed by atoms with Crippen molar-refractivity contribution in [2.24, 2.45) is 0 Å². The molecule has 1 amide bonds. The summed E-state index contributed by atoms with van der Waals surface area (Å²) in [6, 6.07) is 12.2. The molecule has 0 spiro atoms. The van der Waals surface area contributed by atoms with Gasteiger partial charge in [-0.15, -0.1) is 0 Å². The van der Waals surface area contributed by atoms with Crippen molar-refractivity contribution in [3.63, 3.8) is 0 Å². The van der Waals surface area contributed by atoms with Crippen molar-refractivity contribution in [1.29, 1.82) is 0 Å². The van der Waals surface area contributed by atoms with Gasteiger partial charge >= 0.3 is 0 Å². The fourth-order valence-corrected chi connectivity index (χ4v) is 2.89. The summed E-state index contributed by atoms with van der Waals surface area (Å²) in [7, 11) is 0. The number of nitrogens with two attached hydrogens (primary N) is 1. The van der Waals surface area contributed by atoms with Crippen molar-refractivity contribution in [3.05, 3.63) is 70.0 Å². The lowest BCUT2D eigenvalue weighted by Crippen LogP contribution is -2.30. The third-order valence-electron chi connectivity index (χ3n) is 3.69. The molecule has 3 aromatic rings. The van der Waals surface area contributed by atoms with Gasteiger partial charge in [-0.25, -0.2) is 9.97 Å². The van der Waals surface area contributed by atoms with Crippen molar-refractivity contribution >= 4 is 52.1 Å². The van der Waals surface area contributed by atoms with E-state index in [0.29, 0.717) is 27.1 Å². The van der Waals surface area contributed by atoms with Crippen LogP contribution in [0.25, 0.3) is 0 Å². The summed E-state index contributed by atoms with van der Waals surface area (Å²) in [4.78, 5) is 20.5. The number of hydrazine groups is 1. The number of carbonyl (C=O) groups excluding carboxylic acids is 1. The zero-order chi connectivity index (χ0) is 19.4. The Morgan fingerprint density at radius 1 is 1.04 bits per heavy atom. The monoisotopic (exact) mass is 402 g/mol. The van der Waals surface area contributed by atoms with Gasteiger partial charge in [-0.3, -0.25) is 15.6 Å². The molecule has 0 saturated heterocycles. The summed E-state index contributed by atoms with van der Waals surface area (Å²) in [5, 5.41) is 3.97. The van der Waals surface area contributed by atoms with Crippen LogP contribution in [-0.2, 0) is 0 Å². The number of carbonyl (C=O) groups is 1. The van der Waals surface area contributed by atoms with E-state index in [9.17, 15) is 4.79 Å². The third kappa shape index (κ3) is 4.58. The molecule has 0 fully saturated rings. The van der Waals surface area contributed by atoms with Crippen LogP contribution in [-0.4, -0.2) is 15.9 Å². The number of nitrogens with one attached hydrogen (secondary N) is 3. The van der Waals surface area contributed by atoms with Crippen molar-refractivity contribution in [3.8, 4) is 0 Å². The highest BCUT2D eigenvalue weighted by Gasteiger charge is 2.12. The predicted octanol–water partition coefficient (Wildman–Crippen LogP) is 4.17. The van der Waals surface area contributed by atoms with Gasteiger partial charge in [-0.2, -0.15) is 0 Å². The molecule has 3 rings (SSSR count). The van der Waals surface area contributed by atoms with Crippen molar-refractivity contribution in [1.82, 2.24) is 15.4 Å². The number of anilines is 4. The summed E-state index contributed by atoms with van der Waals surface area (Å²) in [5.41, 5.74) is 13.6. The Labute approximate surface area is 165 Å². The molecule has 27 heavy (non-hydrogen) atoms. The predicted molar refractivity (Wildman–Crippen MR) is 108 cm³/mol.